The van der Waals surface area contributed by atoms with Gasteiger partial charge in [-0.25, -0.2) is 13.8 Å². The standard InChI is InChI=1S/C30H34ClF2N7O4/c1-38(2)27(41)16-8-18-12-43-13-19(9-16)40(18)29-34-11-21(31)26(37-29)35-17-6-7-22-20(10-17)23-24(28(42)39(22)3)44-14-30(32,33)25(36-23)15-4-5-15/h6-7,10-11,15-16,18-19,25,36H,4-5,8-9,12-14H2,1-3H3,(H,34,35,37)/t16-,18-,19+,25-/m0/s1. The first kappa shape index (κ1) is 29.0. The predicted octanol–water partition coefficient (Wildman–Crippen LogP) is 4.02. The van der Waals surface area contributed by atoms with E-state index in [1.807, 2.05) is 0 Å². The number of fused-ring (bicyclic) bond motifs is 5. The summed E-state index contributed by atoms with van der Waals surface area (Å²) in [6.45, 7) is 0.0691. The van der Waals surface area contributed by atoms with Crippen LogP contribution in [0, 0.1) is 11.8 Å². The normalized spacial score (nSPS) is 25.8. The lowest BCUT2D eigenvalue weighted by atomic mass is 9.84. The van der Waals surface area contributed by atoms with Gasteiger partial charge in [-0.2, -0.15) is 4.98 Å². The number of piperidine rings is 1. The maximum absolute atomic E-state index is 15.0. The van der Waals surface area contributed by atoms with Gasteiger partial charge in [-0.05, 0) is 49.8 Å². The van der Waals surface area contributed by atoms with E-state index in [1.54, 1.807) is 44.2 Å². The van der Waals surface area contributed by atoms with Crippen molar-refractivity contribution in [1.82, 2.24) is 19.4 Å². The minimum absolute atomic E-state index is 0.0635. The lowest BCUT2D eigenvalue weighted by Gasteiger charge is -2.48. The van der Waals surface area contributed by atoms with Crippen LogP contribution in [0.15, 0.2) is 29.2 Å². The topological polar surface area (TPSA) is 114 Å². The number of pyridine rings is 1. The quantitative estimate of drug-likeness (QED) is 0.432. The Kier molecular flexibility index (Phi) is 7.07. The number of benzene rings is 1. The van der Waals surface area contributed by atoms with Crippen LogP contribution in [0.5, 0.6) is 5.75 Å². The summed E-state index contributed by atoms with van der Waals surface area (Å²) in [4.78, 5) is 38.9. The van der Waals surface area contributed by atoms with E-state index in [2.05, 4.69) is 20.5 Å². The second-order valence-corrected chi connectivity index (χ2v) is 12.9. The Labute approximate surface area is 257 Å². The molecule has 2 saturated heterocycles. The van der Waals surface area contributed by atoms with E-state index >= 15 is 8.78 Å². The number of halogens is 3. The number of hydrogen-bond acceptors (Lipinski definition) is 9. The molecule has 234 valence electrons. The molecule has 3 aromatic rings. The summed E-state index contributed by atoms with van der Waals surface area (Å²) in [6, 6.07) is 4.04. The molecule has 1 aromatic carbocycles. The molecule has 1 amide bonds. The molecule has 2 N–H and O–H groups in total. The van der Waals surface area contributed by atoms with Crippen molar-refractivity contribution in [2.75, 3.05) is 49.4 Å². The van der Waals surface area contributed by atoms with Crippen molar-refractivity contribution in [1.29, 1.82) is 0 Å². The Hall–Kier alpha value is -3.71. The molecule has 4 aliphatic rings. The van der Waals surface area contributed by atoms with Gasteiger partial charge in [0.2, 0.25) is 17.6 Å². The zero-order chi connectivity index (χ0) is 30.9. The first-order valence-corrected chi connectivity index (χ1v) is 15.2. The molecule has 2 bridgehead atoms. The number of hydrogen-bond donors (Lipinski definition) is 2. The smallest absolute Gasteiger partial charge is 0.301 e. The van der Waals surface area contributed by atoms with Crippen LogP contribution in [-0.2, 0) is 16.6 Å². The molecule has 5 heterocycles. The van der Waals surface area contributed by atoms with Gasteiger partial charge in [-0.3, -0.25) is 9.59 Å². The van der Waals surface area contributed by atoms with Crippen molar-refractivity contribution in [2.24, 2.45) is 18.9 Å². The van der Waals surface area contributed by atoms with Crippen LogP contribution in [0.2, 0.25) is 5.02 Å². The highest BCUT2D eigenvalue weighted by molar-refractivity contribution is 6.33. The van der Waals surface area contributed by atoms with Gasteiger partial charge in [0.15, 0.2) is 12.4 Å². The lowest BCUT2D eigenvalue weighted by molar-refractivity contribution is -0.135. The lowest BCUT2D eigenvalue weighted by Crippen LogP contribution is -2.59. The Morgan fingerprint density at radius 2 is 1.93 bits per heavy atom. The summed E-state index contributed by atoms with van der Waals surface area (Å²) in [6.07, 6.45) is 4.20. The highest BCUT2D eigenvalue weighted by Crippen LogP contribution is 2.46. The Morgan fingerprint density at radius 3 is 2.61 bits per heavy atom. The van der Waals surface area contributed by atoms with E-state index in [9.17, 15) is 9.59 Å². The number of aromatic nitrogens is 3. The fourth-order valence-electron chi connectivity index (χ4n) is 6.80. The first-order chi connectivity index (χ1) is 21.0. The average molecular weight is 630 g/mol. The van der Waals surface area contributed by atoms with Gasteiger partial charge in [0.05, 0.1) is 48.7 Å². The van der Waals surface area contributed by atoms with Gasteiger partial charge in [0.25, 0.3) is 5.56 Å². The zero-order valence-electron chi connectivity index (χ0n) is 24.6. The molecule has 1 aliphatic carbocycles. The monoisotopic (exact) mass is 629 g/mol. The van der Waals surface area contributed by atoms with Crippen molar-refractivity contribution < 1.29 is 23.0 Å². The number of rotatable bonds is 5. The van der Waals surface area contributed by atoms with Crippen molar-refractivity contribution in [2.45, 2.75) is 49.7 Å². The molecule has 1 saturated carbocycles. The van der Waals surface area contributed by atoms with Crippen molar-refractivity contribution in [3.63, 3.8) is 0 Å². The molecule has 44 heavy (non-hydrogen) atoms. The van der Waals surface area contributed by atoms with E-state index in [0.717, 1.165) is 0 Å². The van der Waals surface area contributed by atoms with Crippen LogP contribution in [0.25, 0.3) is 10.9 Å². The van der Waals surface area contributed by atoms with Gasteiger partial charge in [0, 0.05) is 38.1 Å². The van der Waals surface area contributed by atoms with Crippen LogP contribution in [0.3, 0.4) is 0 Å². The highest BCUT2D eigenvalue weighted by atomic mass is 35.5. The fourth-order valence-corrected chi connectivity index (χ4v) is 6.94. The molecule has 14 heteroatoms. The summed E-state index contributed by atoms with van der Waals surface area (Å²) in [7, 11) is 5.13. The minimum Gasteiger partial charge on any atom is -0.480 e. The molecule has 3 aliphatic heterocycles. The van der Waals surface area contributed by atoms with Gasteiger partial charge >= 0.3 is 5.92 Å². The number of alkyl halides is 2. The molecule has 7 rings (SSSR count). The molecule has 0 radical (unpaired) electrons. The molecule has 0 unspecified atom stereocenters. The first-order valence-electron chi connectivity index (χ1n) is 14.8. The number of ether oxygens (including phenoxy) is 2. The number of aryl methyl sites for hydroxylation is 1. The average Bonchev–Trinajstić information content (AvgIpc) is 3.83. The van der Waals surface area contributed by atoms with Gasteiger partial charge in [-0.15, -0.1) is 0 Å². The maximum Gasteiger partial charge on any atom is 0.301 e. The number of morpholine rings is 1. The van der Waals surface area contributed by atoms with Gasteiger partial charge in [-0.1, -0.05) is 11.6 Å². The largest absolute Gasteiger partial charge is 0.480 e. The second-order valence-electron chi connectivity index (χ2n) is 12.5. The second kappa shape index (κ2) is 10.7. The molecule has 4 atom stereocenters. The van der Waals surface area contributed by atoms with Crippen LogP contribution < -0.4 is 25.8 Å². The van der Waals surface area contributed by atoms with Gasteiger partial charge in [0.1, 0.15) is 5.02 Å². The molecular formula is C30H34ClF2N7O4. The predicted molar refractivity (Wildman–Crippen MR) is 162 cm³/mol. The van der Waals surface area contributed by atoms with E-state index in [0.29, 0.717) is 72.3 Å². The van der Waals surface area contributed by atoms with Crippen molar-refractivity contribution in [3.8, 4) is 5.75 Å². The van der Waals surface area contributed by atoms with Crippen molar-refractivity contribution >= 4 is 51.6 Å². The third-order valence-electron chi connectivity index (χ3n) is 9.15. The Bertz CT molecular complexity index is 1680. The van der Waals surface area contributed by atoms with Crippen LogP contribution in [-0.4, -0.2) is 83.3 Å². The number of nitrogens with one attached hydrogen (secondary N) is 2. The van der Waals surface area contributed by atoms with Crippen LogP contribution in [0.4, 0.5) is 31.9 Å². The van der Waals surface area contributed by atoms with Crippen LogP contribution in [0.1, 0.15) is 25.7 Å². The highest BCUT2D eigenvalue weighted by Gasteiger charge is 2.51. The number of amides is 1. The Balaban J connectivity index is 1.22. The summed E-state index contributed by atoms with van der Waals surface area (Å²) in [5, 5.41) is 7.12. The van der Waals surface area contributed by atoms with E-state index in [4.69, 9.17) is 26.1 Å². The molecule has 11 nitrogen and oxygen atoms in total. The zero-order valence-corrected chi connectivity index (χ0v) is 25.4. The number of anilines is 4. The van der Waals surface area contributed by atoms with E-state index in [1.165, 1.54) is 10.8 Å². The summed E-state index contributed by atoms with van der Waals surface area (Å²) < 4.78 is 42.8. The Morgan fingerprint density at radius 1 is 1.20 bits per heavy atom. The summed E-state index contributed by atoms with van der Waals surface area (Å²) >= 11 is 6.56. The third-order valence-corrected chi connectivity index (χ3v) is 9.42. The van der Waals surface area contributed by atoms with Crippen molar-refractivity contribution in [3.05, 3.63) is 39.8 Å². The third kappa shape index (κ3) is 4.99. The van der Waals surface area contributed by atoms with Crippen LogP contribution >= 0.6 is 11.6 Å². The molecular weight excluding hydrogens is 596 g/mol. The number of carbonyl (C=O) groups excluding carboxylic acids is 1. The molecule has 0 spiro atoms. The fraction of sp³-hybridized carbons (Fsp3) is 0.533. The minimum atomic E-state index is -3.13. The molecule has 3 fully saturated rings. The SMILES string of the molecule is CN(C)C(=O)[C@H]1C[C@H]2COC[C@@H](C1)N2c1ncc(Cl)c(Nc2ccc3c(c2)c2c(c(=O)n3C)OCC(F)(F)[C@H](C3CC3)N2)n1. The number of nitrogens with zero attached hydrogens (tertiary/aromatic N) is 5. The van der Waals surface area contributed by atoms with Gasteiger partial charge < -0.3 is 34.5 Å². The molecule has 2 aromatic heterocycles. The number of carbonyl (C=O) groups is 1. The maximum atomic E-state index is 15.0. The summed E-state index contributed by atoms with van der Waals surface area (Å²) in [5.41, 5.74) is 0.928. The van der Waals surface area contributed by atoms with E-state index in [-0.39, 0.29) is 41.3 Å². The van der Waals surface area contributed by atoms with E-state index < -0.39 is 24.1 Å². The summed E-state index contributed by atoms with van der Waals surface area (Å²) in [5.74, 6) is -2.57.